The maximum absolute atomic E-state index is 6.20. The van der Waals surface area contributed by atoms with Crippen LogP contribution in [-0.2, 0) is 0 Å². The van der Waals surface area contributed by atoms with Gasteiger partial charge in [-0.25, -0.2) is 0 Å². The molecule has 1 aliphatic rings. The lowest BCUT2D eigenvalue weighted by molar-refractivity contribution is 0.594. The van der Waals surface area contributed by atoms with Gasteiger partial charge in [-0.15, -0.1) is 0 Å². The molecule has 1 aromatic carbocycles. The molecular formula is C12H16IN. The largest absolute Gasteiger partial charge is 0.324 e. The van der Waals surface area contributed by atoms with Gasteiger partial charge in [-0.1, -0.05) is 18.9 Å². The fourth-order valence-corrected chi connectivity index (χ4v) is 2.37. The van der Waals surface area contributed by atoms with E-state index in [0.717, 1.165) is 5.92 Å². The van der Waals surface area contributed by atoms with Gasteiger partial charge >= 0.3 is 0 Å². The molecule has 2 rings (SSSR count). The second-order valence-corrected chi connectivity index (χ2v) is 5.53. The van der Waals surface area contributed by atoms with Crippen molar-refractivity contribution in [1.82, 2.24) is 0 Å². The summed E-state index contributed by atoms with van der Waals surface area (Å²) in [5.74, 6) is 0.905. The van der Waals surface area contributed by atoms with Gasteiger partial charge in [0.1, 0.15) is 0 Å². The smallest absolute Gasteiger partial charge is 0.0300 e. The molecule has 76 valence electrons. The van der Waals surface area contributed by atoms with Gasteiger partial charge in [0.2, 0.25) is 0 Å². The lowest BCUT2D eigenvalue weighted by Gasteiger charge is -2.14. The minimum absolute atomic E-state index is 0.247. The third kappa shape index (κ3) is 2.48. The van der Waals surface area contributed by atoms with Crippen LogP contribution in [0.15, 0.2) is 18.2 Å². The second-order valence-electron chi connectivity index (χ2n) is 4.29. The van der Waals surface area contributed by atoms with Crippen molar-refractivity contribution in [2.75, 3.05) is 0 Å². The first-order valence-corrected chi connectivity index (χ1v) is 6.26. The zero-order valence-corrected chi connectivity index (χ0v) is 10.6. The van der Waals surface area contributed by atoms with E-state index in [2.05, 4.69) is 47.7 Å². The summed E-state index contributed by atoms with van der Waals surface area (Å²) in [5.41, 5.74) is 8.87. The number of nitrogens with two attached hydrogens (primary N) is 1. The molecule has 0 aliphatic heterocycles. The minimum atomic E-state index is 0.247. The Labute approximate surface area is 99.2 Å². The van der Waals surface area contributed by atoms with E-state index in [1.807, 2.05) is 0 Å². The summed E-state index contributed by atoms with van der Waals surface area (Å²) in [6, 6.07) is 6.79. The van der Waals surface area contributed by atoms with Crippen LogP contribution < -0.4 is 5.73 Å². The van der Waals surface area contributed by atoms with E-state index in [1.54, 1.807) is 0 Å². The van der Waals surface area contributed by atoms with E-state index >= 15 is 0 Å². The summed E-state index contributed by atoms with van der Waals surface area (Å²) >= 11 is 2.35. The summed E-state index contributed by atoms with van der Waals surface area (Å²) in [6.45, 7) is 2.15. The highest BCUT2D eigenvalue weighted by Crippen LogP contribution is 2.37. The zero-order chi connectivity index (χ0) is 10.1. The summed E-state index contributed by atoms with van der Waals surface area (Å²) in [5, 5.41) is 0. The van der Waals surface area contributed by atoms with Crippen LogP contribution in [0.25, 0.3) is 0 Å². The molecule has 0 spiro atoms. The summed E-state index contributed by atoms with van der Waals surface area (Å²) < 4.78 is 1.29. The fraction of sp³-hybridized carbons (Fsp3) is 0.500. The van der Waals surface area contributed by atoms with Crippen molar-refractivity contribution >= 4 is 22.6 Å². The molecule has 14 heavy (non-hydrogen) atoms. The van der Waals surface area contributed by atoms with Crippen molar-refractivity contribution in [1.29, 1.82) is 0 Å². The number of halogens is 1. The molecule has 1 atom stereocenters. The standard InChI is InChI=1S/C12H16IN/c1-8-2-5-10(13)7-11(8)12(14)6-9-3-4-9/h2,5,7,9,12H,3-4,6,14H2,1H3/t12-/m1/s1. The molecule has 2 heteroatoms. The first-order chi connectivity index (χ1) is 6.66. The van der Waals surface area contributed by atoms with Crippen molar-refractivity contribution in [3.63, 3.8) is 0 Å². The lowest BCUT2D eigenvalue weighted by Crippen LogP contribution is -2.12. The molecule has 1 aliphatic carbocycles. The molecule has 0 radical (unpaired) electrons. The Morgan fingerprint density at radius 3 is 2.86 bits per heavy atom. The van der Waals surface area contributed by atoms with Crippen LogP contribution in [0.5, 0.6) is 0 Å². The third-order valence-corrected chi connectivity index (χ3v) is 3.60. The molecule has 0 saturated heterocycles. The first-order valence-electron chi connectivity index (χ1n) is 5.18. The molecule has 0 amide bonds. The number of hydrogen-bond donors (Lipinski definition) is 1. The van der Waals surface area contributed by atoms with Gasteiger partial charge in [0, 0.05) is 9.61 Å². The van der Waals surface area contributed by atoms with Gasteiger partial charge in [0.25, 0.3) is 0 Å². The van der Waals surface area contributed by atoms with Crippen molar-refractivity contribution in [2.24, 2.45) is 11.7 Å². The molecular weight excluding hydrogens is 285 g/mol. The Bertz CT molecular complexity index is 331. The van der Waals surface area contributed by atoms with Crippen molar-refractivity contribution in [3.8, 4) is 0 Å². The highest BCUT2D eigenvalue weighted by Gasteiger charge is 2.24. The molecule has 1 saturated carbocycles. The SMILES string of the molecule is Cc1ccc(I)cc1[C@H](N)CC1CC1. The van der Waals surface area contributed by atoms with Gasteiger partial charge in [-0.2, -0.15) is 0 Å². The van der Waals surface area contributed by atoms with Crippen LogP contribution in [0.4, 0.5) is 0 Å². The number of hydrogen-bond acceptors (Lipinski definition) is 1. The van der Waals surface area contributed by atoms with Crippen LogP contribution in [0.2, 0.25) is 0 Å². The number of aryl methyl sites for hydroxylation is 1. The van der Waals surface area contributed by atoms with E-state index in [1.165, 1.54) is 34.0 Å². The van der Waals surface area contributed by atoms with E-state index in [0.29, 0.717) is 0 Å². The molecule has 2 N–H and O–H groups in total. The monoisotopic (exact) mass is 301 g/mol. The predicted molar refractivity (Wildman–Crippen MR) is 68.2 cm³/mol. The molecule has 1 nitrogen and oxygen atoms in total. The molecule has 0 heterocycles. The first kappa shape index (κ1) is 10.4. The van der Waals surface area contributed by atoms with Crippen LogP contribution in [0.1, 0.15) is 36.4 Å². The van der Waals surface area contributed by atoms with Gasteiger partial charge < -0.3 is 5.73 Å². The van der Waals surface area contributed by atoms with Gasteiger partial charge in [0.05, 0.1) is 0 Å². The van der Waals surface area contributed by atoms with Crippen molar-refractivity contribution in [3.05, 3.63) is 32.9 Å². The normalized spacial score (nSPS) is 18.2. The maximum atomic E-state index is 6.20. The molecule has 0 aromatic heterocycles. The van der Waals surface area contributed by atoms with Crippen molar-refractivity contribution < 1.29 is 0 Å². The summed E-state index contributed by atoms with van der Waals surface area (Å²) in [6.07, 6.45) is 3.94. The van der Waals surface area contributed by atoms with Crippen LogP contribution in [-0.4, -0.2) is 0 Å². The number of rotatable bonds is 3. The van der Waals surface area contributed by atoms with E-state index in [9.17, 15) is 0 Å². The minimum Gasteiger partial charge on any atom is -0.324 e. The molecule has 1 aromatic rings. The topological polar surface area (TPSA) is 26.0 Å². The Kier molecular flexibility index (Phi) is 3.12. The predicted octanol–water partition coefficient (Wildman–Crippen LogP) is 3.40. The van der Waals surface area contributed by atoms with Crippen LogP contribution in [0.3, 0.4) is 0 Å². The van der Waals surface area contributed by atoms with Crippen LogP contribution >= 0.6 is 22.6 Å². The maximum Gasteiger partial charge on any atom is 0.0300 e. The molecule has 1 fully saturated rings. The Morgan fingerprint density at radius 1 is 1.50 bits per heavy atom. The lowest BCUT2D eigenvalue weighted by atomic mass is 9.98. The van der Waals surface area contributed by atoms with Gasteiger partial charge in [-0.05, 0) is 65.1 Å². The highest BCUT2D eigenvalue weighted by molar-refractivity contribution is 14.1. The van der Waals surface area contributed by atoms with Gasteiger partial charge in [0.15, 0.2) is 0 Å². The Hall–Kier alpha value is -0.0900. The second kappa shape index (κ2) is 4.19. The quantitative estimate of drug-likeness (QED) is 0.851. The van der Waals surface area contributed by atoms with Crippen LogP contribution in [0, 0.1) is 16.4 Å². The number of benzene rings is 1. The van der Waals surface area contributed by atoms with E-state index in [-0.39, 0.29) is 6.04 Å². The average molecular weight is 301 g/mol. The zero-order valence-electron chi connectivity index (χ0n) is 8.46. The molecule has 0 unspecified atom stereocenters. The fourth-order valence-electron chi connectivity index (χ4n) is 1.85. The molecule has 0 bridgehead atoms. The van der Waals surface area contributed by atoms with Crippen molar-refractivity contribution in [2.45, 2.75) is 32.2 Å². The summed E-state index contributed by atoms with van der Waals surface area (Å²) in [7, 11) is 0. The van der Waals surface area contributed by atoms with E-state index < -0.39 is 0 Å². The average Bonchev–Trinajstić information content (AvgIpc) is 2.93. The summed E-state index contributed by atoms with van der Waals surface area (Å²) in [4.78, 5) is 0. The third-order valence-electron chi connectivity index (χ3n) is 2.92. The van der Waals surface area contributed by atoms with Gasteiger partial charge in [-0.3, -0.25) is 0 Å². The van der Waals surface area contributed by atoms with E-state index in [4.69, 9.17) is 5.73 Å². The Morgan fingerprint density at radius 2 is 2.21 bits per heavy atom. The Balaban J connectivity index is 2.15. The highest BCUT2D eigenvalue weighted by atomic mass is 127.